The Bertz CT molecular complexity index is 443. The van der Waals surface area contributed by atoms with Crippen molar-refractivity contribution in [3.05, 3.63) is 22.2 Å². The van der Waals surface area contributed by atoms with Gasteiger partial charge in [-0.15, -0.1) is 0 Å². The maximum atomic E-state index is 11.5. The normalized spacial score (nSPS) is 24.6. The molecule has 100 valence electrons. The largest absolute Gasteiger partial charge is 0.366 e. The van der Waals surface area contributed by atoms with Crippen LogP contribution in [-0.2, 0) is 6.42 Å². The van der Waals surface area contributed by atoms with Crippen LogP contribution in [0.3, 0.4) is 0 Å². The molecule has 1 aliphatic carbocycles. The SMILES string of the molecule is CCc1nc(NC2CCCCCC2N)cc(=O)[nH]1. The molecule has 0 radical (unpaired) electrons. The van der Waals surface area contributed by atoms with E-state index in [1.807, 2.05) is 6.92 Å². The number of anilines is 1. The molecule has 0 aliphatic heterocycles. The molecule has 0 spiro atoms. The first-order chi connectivity index (χ1) is 8.69. The molecule has 0 bridgehead atoms. The van der Waals surface area contributed by atoms with E-state index in [2.05, 4.69) is 15.3 Å². The van der Waals surface area contributed by atoms with Crippen LogP contribution < -0.4 is 16.6 Å². The van der Waals surface area contributed by atoms with Gasteiger partial charge in [0.25, 0.3) is 5.56 Å². The molecule has 1 fully saturated rings. The van der Waals surface area contributed by atoms with Crippen LogP contribution in [0.25, 0.3) is 0 Å². The van der Waals surface area contributed by atoms with E-state index in [0.29, 0.717) is 11.6 Å². The number of nitrogens with one attached hydrogen (secondary N) is 2. The zero-order chi connectivity index (χ0) is 13.0. The van der Waals surface area contributed by atoms with Gasteiger partial charge in [0.15, 0.2) is 0 Å². The average Bonchev–Trinajstić information content (AvgIpc) is 2.54. The topological polar surface area (TPSA) is 83.8 Å². The van der Waals surface area contributed by atoms with Gasteiger partial charge >= 0.3 is 0 Å². The molecule has 2 atom stereocenters. The highest BCUT2D eigenvalue weighted by molar-refractivity contribution is 5.35. The standard InChI is InChI=1S/C13H22N4O/c1-2-11-16-12(8-13(18)17-11)15-10-7-5-3-4-6-9(10)14/h8-10H,2-7,14H2,1H3,(H2,15,16,17,18). The van der Waals surface area contributed by atoms with Crippen LogP contribution >= 0.6 is 0 Å². The molecule has 4 N–H and O–H groups in total. The van der Waals surface area contributed by atoms with Crippen molar-refractivity contribution in [3.8, 4) is 0 Å². The Labute approximate surface area is 107 Å². The number of hydrogen-bond donors (Lipinski definition) is 3. The summed E-state index contributed by atoms with van der Waals surface area (Å²) in [7, 11) is 0. The van der Waals surface area contributed by atoms with Crippen LogP contribution in [0.1, 0.15) is 44.9 Å². The molecule has 5 nitrogen and oxygen atoms in total. The van der Waals surface area contributed by atoms with Crippen molar-refractivity contribution in [2.75, 3.05) is 5.32 Å². The third-order valence-electron chi connectivity index (χ3n) is 3.53. The molecule has 18 heavy (non-hydrogen) atoms. The van der Waals surface area contributed by atoms with Crippen molar-refractivity contribution < 1.29 is 0 Å². The summed E-state index contributed by atoms with van der Waals surface area (Å²) in [6.45, 7) is 1.97. The minimum atomic E-state index is -0.105. The van der Waals surface area contributed by atoms with Gasteiger partial charge in [-0.2, -0.15) is 0 Å². The van der Waals surface area contributed by atoms with Crippen molar-refractivity contribution in [3.63, 3.8) is 0 Å². The van der Waals surface area contributed by atoms with E-state index in [4.69, 9.17) is 5.73 Å². The van der Waals surface area contributed by atoms with Gasteiger partial charge in [-0.1, -0.05) is 26.2 Å². The number of aromatic nitrogens is 2. The molecule has 0 saturated heterocycles. The number of aryl methyl sites for hydroxylation is 1. The van der Waals surface area contributed by atoms with Crippen molar-refractivity contribution in [1.82, 2.24) is 9.97 Å². The van der Waals surface area contributed by atoms with E-state index < -0.39 is 0 Å². The lowest BCUT2D eigenvalue weighted by Crippen LogP contribution is -2.39. The molecule has 1 aromatic heterocycles. The Morgan fingerprint density at radius 1 is 1.44 bits per heavy atom. The lowest BCUT2D eigenvalue weighted by atomic mass is 10.0. The second-order valence-corrected chi connectivity index (χ2v) is 4.98. The van der Waals surface area contributed by atoms with Crippen LogP contribution in [0.5, 0.6) is 0 Å². The Balaban J connectivity index is 2.12. The van der Waals surface area contributed by atoms with Gasteiger partial charge in [0, 0.05) is 24.6 Å². The lowest BCUT2D eigenvalue weighted by Gasteiger charge is -2.23. The summed E-state index contributed by atoms with van der Waals surface area (Å²) in [6.07, 6.45) is 6.45. The summed E-state index contributed by atoms with van der Waals surface area (Å²) in [5, 5.41) is 3.33. The minimum absolute atomic E-state index is 0.105. The average molecular weight is 250 g/mol. The van der Waals surface area contributed by atoms with Crippen LogP contribution in [0.2, 0.25) is 0 Å². The number of H-pyrrole nitrogens is 1. The molecule has 0 amide bonds. The number of rotatable bonds is 3. The van der Waals surface area contributed by atoms with E-state index in [-0.39, 0.29) is 17.6 Å². The monoisotopic (exact) mass is 250 g/mol. The highest BCUT2D eigenvalue weighted by Gasteiger charge is 2.20. The van der Waals surface area contributed by atoms with E-state index >= 15 is 0 Å². The van der Waals surface area contributed by atoms with Crippen LogP contribution in [0.4, 0.5) is 5.82 Å². The van der Waals surface area contributed by atoms with Crippen LogP contribution in [-0.4, -0.2) is 22.1 Å². The summed E-state index contributed by atoms with van der Waals surface area (Å²) in [5.74, 6) is 1.37. The second-order valence-electron chi connectivity index (χ2n) is 4.98. The van der Waals surface area contributed by atoms with Gasteiger partial charge in [0.05, 0.1) is 0 Å². The maximum absolute atomic E-state index is 11.5. The highest BCUT2D eigenvalue weighted by atomic mass is 16.1. The fraction of sp³-hybridized carbons (Fsp3) is 0.692. The molecule has 2 rings (SSSR count). The summed E-state index contributed by atoms with van der Waals surface area (Å²) >= 11 is 0. The minimum Gasteiger partial charge on any atom is -0.366 e. The fourth-order valence-electron chi connectivity index (χ4n) is 2.45. The molecule has 1 heterocycles. The molecule has 5 heteroatoms. The van der Waals surface area contributed by atoms with Crippen LogP contribution in [0, 0.1) is 0 Å². The van der Waals surface area contributed by atoms with E-state index in [1.54, 1.807) is 0 Å². The van der Waals surface area contributed by atoms with Gasteiger partial charge in [0.2, 0.25) is 0 Å². The predicted octanol–water partition coefficient (Wildman–Crippen LogP) is 1.40. The molecule has 1 saturated carbocycles. The van der Waals surface area contributed by atoms with Crippen molar-refractivity contribution in [1.29, 1.82) is 0 Å². The second kappa shape index (κ2) is 6.00. The highest BCUT2D eigenvalue weighted by Crippen LogP contribution is 2.19. The lowest BCUT2D eigenvalue weighted by molar-refractivity contribution is 0.526. The summed E-state index contributed by atoms with van der Waals surface area (Å²) in [6, 6.07) is 1.89. The zero-order valence-corrected chi connectivity index (χ0v) is 10.9. The van der Waals surface area contributed by atoms with E-state index in [9.17, 15) is 4.79 Å². The van der Waals surface area contributed by atoms with E-state index in [0.717, 1.165) is 19.3 Å². The molecular formula is C13H22N4O. The molecule has 2 unspecified atom stereocenters. The van der Waals surface area contributed by atoms with Crippen LogP contribution in [0.15, 0.2) is 10.9 Å². The summed E-state index contributed by atoms with van der Waals surface area (Å²) in [4.78, 5) is 18.6. The fourth-order valence-corrected chi connectivity index (χ4v) is 2.45. The number of hydrogen-bond acceptors (Lipinski definition) is 4. The summed E-state index contributed by atoms with van der Waals surface area (Å²) < 4.78 is 0. The number of nitrogens with zero attached hydrogens (tertiary/aromatic N) is 1. The van der Waals surface area contributed by atoms with Crippen molar-refractivity contribution in [2.24, 2.45) is 5.73 Å². The van der Waals surface area contributed by atoms with Crippen molar-refractivity contribution in [2.45, 2.75) is 57.5 Å². The Morgan fingerprint density at radius 2 is 2.22 bits per heavy atom. The van der Waals surface area contributed by atoms with Gasteiger partial charge < -0.3 is 16.0 Å². The summed E-state index contributed by atoms with van der Waals surface area (Å²) in [5.41, 5.74) is 6.05. The van der Waals surface area contributed by atoms with Crippen molar-refractivity contribution >= 4 is 5.82 Å². The van der Waals surface area contributed by atoms with Gasteiger partial charge in [0.1, 0.15) is 11.6 Å². The Hall–Kier alpha value is -1.36. The first kappa shape index (κ1) is 13.1. The maximum Gasteiger partial charge on any atom is 0.252 e. The van der Waals surface area contributed by atoms with Gasteiger partial charge in [-0.05, 0) is 12.8 Å². The van der Waals surface area contributed by atoms with E-state index in [1.165, 1.54) is 25.3 Å². The first-order valence-electron chi connectivity index (χ1n) is 6.81. The Morgan fingerprint density at radius 3 is 3.00 bits per heavy atom. The Kier molecular flexibility index (Phi) is 4.36. The molecular weight excluding hydrogens is 228 g/mol. The molecule has 0 aromatic carbocycles. The number of aromatic amines is 1. The predicted molar refractivity (Wildman–Crippen MR) is 72.7 cm³/mol. The zero-order valence-electron chi connectivity index (χ0n) is 10.9. The first-order valence-corrected chi connectivity index (χ1v) is 6.81. The quantitative estimate of drug-likeness (QED) is 0.708. The number of nitrogens with two attached hydrogens (primary N) is 1. The smallest absolute Gasteiger partial charge is 0.252 e. The molecule has 1 aliphatic rings. The molecule has 1 aromatic rings. The van der Waals surface area contributed by atoms with Gasteiger partial charge in [-0.25, -0.2) is 4.98 Å². The third-order valence-corrected chi connectivity index (χ3v) is 3.53. The third kappa shape index (κ3) is 3.32. The van der Waals surface area contributed by atoms with Gasteiger partial charge in [-0.3, -0.25) is 4.79 Å².